The number of hydrogen-bond donors (Lipinski definition) is 2. The van der Waals surface area contributed by atoms with Crippen molar-refractivity contribution >= 4 is 29.3 Å². The van der Waals surface area contributed by atoms with Gasteiger partial charge in [-0.15, -0.1) is 11.8 Å². The van der Waals surface area contributed by atoms with Crippen LogP contribution in [0.4, 0.5) is 0 Å². The molecule has 0 radical (unpaired) electrons. The van der Waals surface area contributed by atoms with Crippen molar-refractivity contribution in [2.45, 2.75) is 24.7 Å². The number of ether oxygens (including phenoxy) is 1. The van der Waals surface area contributed by atoms with Crippen LogP contribution in [0.15, 0.2) is 34.2 Å². The summed E-state index contributed by atoms with van der Waals surface area (Å²) in [7, 11) is 1.77. The number of nitrogens with one attached hydrogen (secondary N) is 2. The fourth-order valence-corrected chi connectivity index (χ4v) is 3.94. The van der Waals surface area contributed by atoms with E-state index in [-0.39, 0.29) is 0 Å². The maximum atomic E-state index is 5.92. The summed E-state index contributed by atoms with van der Waals surface area (Å²) >= 11 is 7.75. The molecule has 0 spiro atoms. The molecule has 0 aromatic heterocycles. The predicted molar refractivity (Wildman–Crippen MR) is 117 cm³/mol. The molecule has 152 valence electrons. The number of halogens is 1. The third-order valence-corrected chi connectivity index (χ3v) is 5.91. The number of benzene rings is 1. The van der Waals surface area contributed by atoms with Crippen molar-refractivity contribution in [1.82, 2.24) is 15.5 Å². The van der Waals surface area contributed by atoms with E-state index in [0.717, 1.165) is 62.6 Å². The van der Waals surface area contributed by atoms with Crippen molar-refractivity contribution in [2.75, 3.05) is 58.7 Å². The average Bonchev–Trinajstić information content (AvgIpc) is 2.70. The summed E-state index contributed by atoms with van der Waals surface area (Å²) in [4.78, 5) is 8.53. The summed E-state index contributed by atoms with van der Waals surface area (Å²) in [6.07, 6.45) is 2.44. The molecule has 0 saturated carbocycles. The lowest BCUT2D eigenvalue weighted by Crippen LogP contribution is -2.40. The largest absolute Gasteiger partial charge is 0.383 e. The first kappa shape index (κ1) is 22.3. The van der Waals surface area contributed by atoms with Crippen molar-refractivity contribution in [3.63, 3.8) is 0 Å². The Labute approximate surface area is 173 Å². The van der Waals surface area contributed by atoms with Crippen molar-refractivity contribution in [3.05, 3.63) is 29.3 Å². The molecular weight excluding hydrogens is 380 g/mol. The molecule has 1 aromatic carbocycles. The zero-order valence-corrected chi connectivity index (χ0v) is 18.1. The summed E-state index contributed by atoms with van der Waals surface area (Å²) in [5, 5.41) is 7.57. The third kappa shape index (κ3) is 9.19. The number of rotatable bonds is 10. The first-order valence-corrected chi connectivity index (χ1v) is 11.2. The topological polar surface area (TPSA) is 48.9 Å². The van der Waals surface area contributed by atoms with E-state index in [2.05, 4.69) is 34.6 Å². The zero-order valence-electron chi connectivity index (χ0n) is 16.5. The van der Waals surface area contributed by atoms with Gasteiger partial charge in [-0.05, 0) is 63.0 Å². The van der Waals surface area contributed by atoms with Gasteiger partial charge in [0.1, 0.15) is 0 Å². The fourth-order valence-electron chi connectivity index (χ4n) is 3.04. The minimum Gasteiger partial charge on any atom is -0.383 e. The van der Waals surface area contributed by atoms with Gasteiger partial charge in [0.05, 0.1) is 6.61 Å². The molecule has 1 aliphatic rings. The molecule has 0 unspecified atom stereocenters. The molecule has 0 aliphatic carbocycles. The summed E-state index contributed by atoms with van der Waals surface area (Å²) < 4.78 is 5.17. The number of methoxy groups -OCH3 is 1. The molecule has 1 saturated heterocycles. The molecule has 0 bridgehead atoms. The molecule has 5 nitrogen and oxygen atoms in total. The lowest BCUT2D eigenvalue weighted by molar-refractivity contribution is 0.121. The van der Waals surface area contributed by atoms with Crippen LogP contribution in [0.2, 0.25) is 5.02 Å². The van der Waals surface area contributed by atoms with Gasteiger partial charge >= 0.3 is 0 Å². The third-order valence-electron chi connectivity index (χ3n) is 4.65. The molecular formula is C20H33ClN4OS. The molecule has 1 aromatic rings. The van der Waals surface area contributed by atoms with Crippen LogP contribution in [0.1, 0.15) is 19.8 Å². The van der Waals surface area contributed by atoms with Crippen LogP contribution in [0.5, 0.6) is 0 Å². The van der Waals surface area contributed by atoms with Gasteiger partial charge in [0, 0.05) is 49.0 Å². The SMILES string of the molecule is CCNC(=NCC1CCN(CCOC)CC1)NCCSc1ccc(Cl)cc1. The van der Waals surface area contributed by atoms with Crippen LogP contribution in [0.3, 0.4) is 0 Å². The van der Waals surface area contributed by atoms with E-state index in [0.29, 0.717) is 5.92 Å². The van der Waals surface area contributed by atoms with Gasteiger partial charge in [0.25, 0.3) is 0 Å². The van der Waals surface area contributed by atoms with E-state index in [1.807, 2.05) is 23.9 Å². The Morgan fingerprint density at radius 2 is 2.00 bits per heavy atom. The van der Waals surface area contributed by atoms with Gasteiger partial charge < -0.3 is 20.3 Å². The number of piperidine rings is 1. The highest BCUT2D eigenvalue weighted by Gasteiger charge is 2.18. The number of thioether (sulfide) groups is 1. The minimum atomic E-state index is 0.683. The highest BCUT2D eigenvalue weighted by atomic mass is 35.5. The van der Waals surface area contributed by atoms with Gasteiger partial charge in [-0.3, -0.25) is 4.99 Å². The van der Waals surface area contributed by atoms with Crippen LogP contribution < -0.4 is 10.6 Å². The maximum absolute atomic E-state index is 5.92. The average molecular weight is 413 g/mol. The second-order valence-electron chi connectivity index (χ2n) is 6.73. The first-order chi connectivity index (χ1) is 13.2. The van der Waals surface area contributed by atoms with Crippen LogP contribution in [0, 0.1) is 5.92 Å². The number of aliphatic imine (C=N–C) groups is 1. The van der Waals surface area contributed by atoms with Crippen molar-refractivity contribution in [3.8, 4) is 0 Å². The monoisotopic (exact) mass is 412 g/mol. The molecule has 2 N–H and O–H groups in total. The van der Waals surface area contributed by atoms with Crippen molar-refractivity contribution in [2.24, 2.45) is 10.9 Å². The Hall–Kier alpha value is -0.950. The highest BCUT2D eigenvalue weighted by Crippen LogP contribution is 2.20. The van der Waals surface area contributed by atoms with Gasteiger partial charge in [0.2, 0.25) is 0 Å². The molecule has 1 fully saturated rings. The summed E-state index contributed by atoms with van der Waals surface area (Å²) in [6, 6.07) is 7.99. The van der Waals surface area contributed by atoms with Gasteiger partial charge in [0.15, 0.2) is 5.96 Å². The van der Waals surface area contributed by atoms with E-state index < -0.39 is 0 Å². The fraction of sp³-hybridized carbons (Fsp3) is 0.650. The highest BCUT2D eigenvalue weighted by molar-refractivity contribution is 7.99. The predicted octanol–water partition coefficient (Wildman–Crippen LogP) is 3.35. The van der Waals surface area contributed by atoms with E-state index >= 15 is 0 Å². The summed E-state index contributed by atoms with van der Waals surface area (Å²) in [5.74, 6) is 2.60. The number of hydrogen-bond acceptors (Lipinski definition) is 4. The molecule has 0 amide bonds. The summed E-state index contributed by atoms with van der Waals surface area (Å²) in [5.41, 5.74) is 0. The normalized spacial score (nSPS) is 16.5. The molecule has 27 heavy (non-hydrogen) atoms. The van der Waals surface area contributed by atoms with E-state index in [9.17, 15) is 0 Å². The Morgan fingerprint density at radius 1 is 1.26 bits per heavy atom. The maximum Gasteiger partial charge on any atom is 0.191 e. The van der Waals surface area contributed by atoms with Gasteiger partial charge in [-0.2, -0.15) is 0 Å². The lowest BCUT2D eigenvalue weighted by Gasteiger charge is -2.31. The van der Waals surface area contributed by atoms with Crippen LogP contribution in [-0.2, 0) is 4.74 Å². The van der Waals surface area contributed by atoms with Crippen LogP contribution in [0.25, 0.3) is 0 Å². The lowest BCUT2D eigenvalue weighted by atomic mass is 9.97. The van der Waals surface area contributed by atoms with Crippen molar-refractivity contribution in [1.29, 1.82) is 0 Å². The molecule has 2 rings (SSSR count). The minimum absolute atomic E-state index is 0.683. The smallest absolute Gasteiger partial charge is 0.191 e. The Balaban J connectivity index is 1.67. The van der Waals surface area contributed by atoms with Gasteiger partial charge in [-0.1, -0.05) is 11.6 Å². The zero-order chi connectivity index (χ0) is 19.3. The van der Waals surface area contributed by atoms with Gasteiger partial charge in [-0.25, -0.2) is 0 Å². The molecule has 7 heteroatoms. The number of guanidine groups is 1. The second-order valence-corrected chi connectivity index (χ2v) is 8.33. The Morgan fingerprint density at radius 3 is 2.67 bits per heavy atom. The Kier molecular flexibility index (Phi) is 11.0. The number of likely N-dealkylation sites (tertiary alicyclic amines) is 1. The van der Waals surface area contributed by atoms with Crippen LogP contribution >= 0.6 is 23.4 Å². The molecule has 1 aliphatic heterocycles. The number of nitrogens with zero attached hydrogens (tertiary/aromatic N) is 2. The second kappa shape index (κ2) is 13.3. The molecule has 1 heterocycles. The Bertz CT molecular complexity index is 547. The van der Waals surface area contributed by atoms with Crippen LogP contribution in [-0.4, -0.2) is 69.6 Å². The summed E-state index contributed by atoms with van der Waals surface area (Å²) in [6.45, 7) is 8.95. The van der Waals surface area contributed by atoms with E-state index in [1.54, 1.807) is 7.11 Å². The molecule has 0 atom stereocenters. The van der Waals surface area contributed by atoms with Crippen molar-refractivity contribution < 1.29 is 4.74 Å². The quantitative estimate of drug-likeness (QED) is 0.267. The standard InChI is InChI=1S/C20H33ClN4OS/c1-3-22-20(23-10-15-27-19-6-4-18(21)5-7-19)24-16-17-8-11-25(12-9-17)13-14-26-2/h4-7,17H,3,8-16H2,1-2H3,(H2,22,23,24). The first-order valence-electron chi connectivity index (χ1n) is 9.83. The van der Waals surface area contributed by atoms with E-state index in [4.69, 9.17) is 21.3 Å². The van der Waals surface area contributed by atoms with E-state index in [1.165, 1.54) is 17.7 Å².